The van der Waals surface area contributed by atoms with Gasteiger partial charge in [-0.25, -0.2) is 0 Å². The molecule has 0 aliphatic heterocycles. The zero-order valence-corrected chi connectivity index (χ0v) is 11.3. The molecule has 2 N–H and O–H groups in total. The zero-order valence-electron chi connectivity index (χ0n) is 11.3. The van der Waals surface area contributed by atoms with Crippen molar-refractivity contribution >= 4 is 0 Å². The molecule has 2 heteroatoms. The summed E-state index contributed by atoms with van der Waals surface area (Å²) in [6.45, 7) is 8.32. The van der Waals surface area contributed by atoms with Crippen molar-refractivity contribution in [3.8, 4) is 0 Å². The number of aliphatic hydroxyl groups is 2. The molecule has 0 unspecified atom stereocenters. The van der Waals surface area contributed by atoms with Gasteiger partial charge < -0.3 is 10.2 Å². The zero-order chi connectivity index (χ0) is 13.1. The Morgan fingerprint density at radius 3 is 2.06 bits per heavy atom. The molecule has 2 nitrogen and oxygen atoms in total. The van der Waals surface area contributed by atoms with E-state index < -0.39 is 5.41 Å². The Labute approximate surface area is 104 Å². The largest absolute Gasteiger partial charge is 0.396 e. The number of benzene rings is 1. The smallest absolute Gasteiger partial charge is 0.0515 e. The molecule has 0 fully saturated rings. The summed E-state index contributed by atoms with van der Waals surface area (Å²) < 4.78 is 0. The topological polar surface area (TPSA) is 40.5 Å². The van der Waals surface area contributed by atoms with E-state index in [4.69, 9.17) is 0 Å². The third kappa shape index (κ3) is 3.08. The highest BCUT2D eigenvalue weighted by molar-refractivity contribution is 5.30. The fraction of sp³-hybridized carbons (Fsp3) is 0.600. The molecule has 0 aliphatic carbocycles. The van der Waals surface area contributed by atoms with Crippen molar-refractivity contribution in [3.05, 3.63) is 34.9 Å². The van der Waals surface area contributed by atoms with E-state index >= 15 is 0 Å². The second-order valence-electron chi connectivity index (χ2n) is 5.43. The molecule has 0 aliphatic rings. The van der Waals surface area contributed by atoms with Gasteiger partial charge in [0.2, 0.25) is 0 Å². The average molecular weight is 236 g/mol. The first-order chi connectivity index (χ1) is 7.95. The summed E-state index contributed by atoms with van der Waals surface area (Å²) in [5.74, 6) is 0.249. The molecule has 0 heterocycles. The molecule has 0 aromatic heterocycles. The summed E-state index contributed by atoms with van der Waals surface area (Å²) in [6, 6.07) is 6.34. The minimum absolute atomic E-state index is 0.0219. The molecule has 0 bridgehead atoms. The van der Waals surface area contributed by atoms with E-state index in [0.29, 0.717) is 0 Å². The standard InChI is InChI=1S/C15H24O2/c1-11(2)15(9-16,10-17)8-14-6-5-12(3)13(4)7-14/h5-7,11,16-17H,8-10H2,1-4H3. The molecule has 1 aromatic rings. The summed E-state index contributed by atoms with van der Waals surface area (Å²) in [4.78, 5) is 0. The van der Waals surface area contributed by atoms with Crippen LogP contribution in [0.15, 0.2) is 18.2 Å². The van der Waals surface area contributed by atoms with Crippen LogP contribution in [-0.4, -0.2) is 23.4 Å². The Hall–Kier alpha value is -0.860. The van der Waals surface area contributed by atoms with Crippen molar-refractivity contribution in [1.29, 1.82) is 0 Å². The van der Waals surface area contributed by atoms with E-state index in [1.807, 2.05) is 13.8 Å². The van der Waals surface area contributed by atoms with Crippen molar-refractivity contribution in [2.45, 2.75) is 34.1 Å². The number of hydrogen-bond acceptors (Lipinski definition) is 2. The number of aliphatic hydroxyl groups excluding tert-OH is 2. The second kappa shape index (κ2) is 5.65. The predicted octanol–water partition coefficient (Wildman–Crippen LogP) is 2.47. The molecular formula is C15H24O2. The van der Waals surface area contributed by atoms with Crippen LogP contribution in [0.3, 0.4) is 0 Å². The monoisotopic (exact) mass is 236 g/mol. The summed E-state index contributed by atoms with van der Waals surface area (Å²) >= 11 is 0. The van der Waals surface area contributed by atoms with Crippen LogP contribution < -0.4 is 0 Å². The van der Waals surface area contributed by atoms with Gasteiger partial charge in [0.1, 0.15) is 0 Å². The second-order valence-corrected chi connectivity index (χ2v) is 5.43. The summed E-state index contributed by atoms with van der Waals surface area (Å²) in [7, 11) is 0. The van der Waals surface area contributed by atoms with Crippen molar-refractivity contribution in [2.24, 2.45) is 11.3 Å². The van der Waals surface area contributed by atoms with Crippen LogP contribution in [0, 0.1) is 25.2 Å². The Bertz CT molecular complexity index is 365. The van der Waals surface area contributed by atoms with Gasteiger partial charge in [0, 0.05) is 5.41 Å². The van der Waals surface area contributed by atoms with Crippen LogP contribution in [0.2, 0.25) is 0 Å². The molecule has 17 heavy (non-hydrogen) atoms. The molecule has 0 amide bonds. The third-order valence-electron chi connectivity index (χ3n) is 3.98. The summed E-state index contributed by atoms with van der Waals surface area (Å²) in [5, 5.41) is 19.1. The lowest BCUT2D eigenvalue weighted by Gasteiger charge is -2.34. The first kappa shape index (κ1) is 14.2. The molecule has 1 rings (SSSR count). The SMILES string of the molecule is Cc1ccc(CC(CO)(CO)C(C)C)cc1C. The van der Waals surface area contributed by atoms with Gasteiger partial charge in [0.05, 0.1) is 13.2 Å². The maximum absolute atomic E-state index is 9.57. The first-order valence-electron chi connectivity index (χ1n) is 6.23. The minimum atomic E-state index is -0.415. The highest BCUT2D eigenvalue weighted by Gasteiger charge is 2.32. The third-order valence-corrected chi connectivity index (χ3v) is 3.98. The van der Waals surface area contributed by atoms with E-state index in [1.165, 1.54) is 16.7 Å². The van der Waals surface area contributed by atoms with E-state index in [2.05, 4.69) is 32.0 Å². The normalized spacial score (nSPS) is 12.2. The summed E-state index contributed by atoms with van der Waals surface area (Å²) in [5.41, 5.74) is 3.31. The maximum atomic E-state index is 9.57. The Balaban J connectivity index is 2.97. The lowest BCUT2D eigenvalue weighted by molar-refractivity contribution is 0.0163. The van der Waals surface area contributed by atoms with Crippen molar-refractivity contribution < 1.29 is 10.2 Å². The van der Waals surface area contributed by atoms with Gasteiger partial charge in [-0.3, -0.25) is 0 Å². The van der Waals surface area contributed by atoms with Gasteiger partial charge in [-0.15, -0.1) is 0 Å². The number of aryl methyl sites for hydroxylation is 2. The lowest BCUT2D eigenvalue weighted by Crippen LogP contribution is -2.37. The molecule has 0 spiro atoms. The van der Waals surface area contributed by atoms with Crippen LogP contribution >= 0.6 is 0 Å². The Morgan fingerprint density at radius 2 is 1.65 bits per heavy atom. The fourth-order valence-corrected chi connectivity index (χ4v) is 2.05. The van der Waals surface area contributed by atoms with Crippen LogP contribution in [0.1, 0.15) is 30.5 Å². The molecule has 96 valence electrons. The predicted molar refractivity (Wildman–Crippen MR) is 71.1 cm³/mol. The first-order valence-corrected chi connectivity index (χ1v) is 6.23. The van der Waals surface area contributed by atoms with Crippen molar-refractivity contribution in [1.82, 2.24) is 0 Å². The van der Waals surface area contributed by atoms with Gasteiger partial charge in [-0.05, 0) is 42.9 Å². The van der Waals surface area contributed by atoms with E-state index in [1.54, 1.807) is 0 Å². The van der Waals surface area contributed by atoms with Gasteiger partial charge in [-0.2, -0.15) is 0 Å². The molecule has 0 saturated carbocycles. The number of rotatable bonds is 5. The van der Waals surface area contributed by atoms with Crippen LogP contribution in [0.25, 0.3) is 0 Å². The summed E-state index contributed by atoms with van der Waals surface area (Å²) in [6.07, 6.45) is 0.721. The molecule has 0 radical (unpaired) electrons. The lowest BCUT2D eigenvalue weighted by atomic mass is 9.74. The van der Waals surface area contributed by atoms with E-state index in [9.17, 15) is 10.2 Å². The van der Waals surface area contributed by atoms with E-state index in [-0.39, 0.29) is 19.1 Å². The maximum Gasteiger partial charge on any atom is 0.0515 e. The minimum Gasteiger partial charge on any atom is -0.396 e. The molecule has 0 saturated heterocycles. The fourth-order valence-electron chi connectivity index (χ4n) is 2.05. The van der Waals surface area contributed by atoms with Gasteiger partial charge in [0.25, 0.3) is 0 Å². The van der Waals surface area contributed by atoms with Crippen molar-refractivity contribution in [2.75, 3.05) is 13.2 Å². The van der Waals surface area contributed by atoms with Gasteiger partial charge >= 0.3 is 0 Å². The molecule has 0 atom stereocenters. The number of hydrogen-bond donors (Lipinski definition) is 2. The highest BCUT2D eigenvalue weighted by atomic mass is 16.3. The Morgan fingerprint density at radius 1 is 1.06 bits per heavy atom. The van der Waals surface area contributed by atoms with Gasteiger partial charge in [-0.1, -0.05) is 32.0 Å². The average Bonchev–Trinajstić information content (AvgIpc) is 2.30. The van der Waals surface area contributed by atoms with Gasteiger partial charge in [0.15, 0.2) is 0 Å². The molecular weight excluding hydrogens is 212 g/mol. The molecule has 1 aromatic carbocycles. The van der Waals surface area contributed by atoms with E-state index in [0.717, 1.165) is 6.42 Å². The Kier molecular flexibility index (Phi) is 4.72. The quantitative estimate of drug-likeness (QED) is 0.824. The van der Waals surface area contributed by atoms with Crippen molar-refractivity contribution in [3.63, 3.8) is 0 Å². The van der Waals surface area contributed by atoms with Crippen LogP contribution in [0.5, 0.6) is 0 Å². The van der Waals surface area contributed by atoms with Crippen LogP contribution in [-0.2, 0) is 6.42 Å². The van der Waals surface area contributed by atoms with Crippen LogP contribution in [0.4, 0.5) is 0 Å². The highest BCUT2D eigenvalue weighted by Crippen LogP contribution is 2.31.